The highest BCUT2D eigenvalue weighted by atomic mass is 16.3. The van der Waals surface area contributed by atoms with E-state index < -0.39 is 5.60 Å². The van der Waals surface area contributed by atoms with Crippen molar-refractivity contribution in [2.45, 2.75) is 24.9 Å². The molecule has 1 aromatic rings. The second-order valence-corrected chi connectivity index (χ2v) is 4.93. The van der Waals surface area contributed by atoms with Crippen molar-refractivity contribution in [3.63, 3.8) is 0 Å². The minimum atomic E-state index is -0.504. The van der Waals surface area contributed by atoms with Gasteiger partial charge < -0.3 is 19.7 Å². The molecular weight excluding hydrogens is 216 g/mol. The molecule has 2 rings (SSSR count). The van der Waals surface area contributed by atoms with E-state index in [1.165, 1.54) is 0 Å². The van der Waals surface area contributed by atoms with E-state index in [0.29, 0.717) is 6.54 Å². The second-order valence-electron chi connectivity index (χ2n) is 4.93. The van der Waals surface area contributed by atoms with Gasteiger partial charge in [-0.05, 0) is 32.0 Å². The third kappa shape index (κ3) is 3.56. The maximum atomic E-state index is 10.2. The predicted octanol–water partition coefficient (Wildman–Crippen LogP) is 0.868. The molecule has 0 unspecified atom stereocenters. The number of hydrogen-bond acceptors (Lipinski definition) is 4. The topological polar surface area (TPSA) is 48.6 Å². The van der Waals surface area contributed by atoms with Crippen molar-refractivity contribution in [3.05, 3.63) is 24.2 Å². The SMILES string of the molecule is CNCC1(O)CCN(CCc2ccco2)CC1. The number of nitrogens with one attached hydrogen (secondary N) is 1. The zero-order valence-corrected chi connectivity index (χ0v) is 10.5. The third-order valence-electron chi connectivity index (χ3n) is 3.55. The minimum absolute atomic E-state index is 0.504. The van der Waals surface area contributed by atoms with E-state index in [1.807, 2.05) is 19.2 Å². The van der Waals surface area contributed by atoms with Crippen LogP contribution in [0.25, 0.3) is 0 Å². The van der Waals surface area contributed by atoms with E-state index in [-0.39, 0.29) is 0 Å². The first-order valence-electron chi connectivity index (χ1n) is 6.34. The van der Waals surface area contributed by atoms with Gasteiger partial charge in [0.2, 0.25) is 0 Å². The lowest BCUT2D eigenvalue weighted by molar-refractivity contribution is -0.0184. The van der Waals surface area contributed by atoms with E-state index in [0.717, 1.165) is 44.7 Å². The number of piperidine rings is 1. The number of likely N-dealkylation sites (N-methyl/N-ethyl adjacent to an activating group) is 1. The van der Waals surface area contributed by atoms with Gasteiger partial charge in [0.15, 0.2) is 0 Å². The van der Waals surface area contributed by atoms with Crippen LogP contribution in [0.4, 0.5) is 0 Å². The maximum absolute atomic E-state index is 10.2. The molecule has 2 heterocycles. The monoisotopic (exact) mass is 238 g/mol. The van der Waals surface area contributed by atoms with Gasteiger partial charge in [0.1, 0.15) is 5.76 Å². The summed E-state index contributed by atoms with van der Waals surface area (Å²) in [5, 5.41) is 13.3. The van der Waals surface area contributed by atoms with Gasteiger partial charge in [-0.15, -0.1) is 0 Å². The highest BCUT2D eigenvalue weighted by Crippen LogP contribution is 2.21. The molecule has 4 nitrogen and oxygen atoms in total. The number of aliphatic hydroxyl groups is 1. The highest BCUT2D eigenvalue weighted by molar-refractivity contribution is 4.99. The molecule has 0 amide bonds. The van der Waals surface area contributed by atoms with Crippen LogP contribution in [0.1, 0.15) is 18.6 Å². The Bertz CT molecular complexity index is 316. The van der Waals surface area contributed by atoms with Crippen LogP contribution in [-0.4, -0.2) is 48.8 Å². The molecule has 1 saturated heterocycles. The summed E-state index contributed by atoms with van der Waals surface area (Å²) >= 11 is 0. The number of furan rings is 1. The van der Waals surface area contributed by atoms with E-state index in [2.05, 4.69) is 10.2 Å². The van der Waals surface area contributed by atoms with Gasteiger partial charge >= 0.3 is 0 Å². The molecule has 0 spiro atoms. The number of nitrogens with zero attached hydrogens (tertiary/aromatic N) is 1. The van der Waals surface area contributed by atoms with Crippen molar-refractivity contribution in [2.24, 2.45) is 0 Å². The van der Waals surface area contributed by atoms with Crippen molar-refractivity contribution >= 4 is 0 Å². The van der Waals surface area contributed by atoms with E-state index >= 15 is 0 Å². The Morgan fingerprint density at radius 3 is 2.82 bits per heavy atom. The molecule has 4 heteroatoms. The lowest BCUT2D eigenvalue weighted by Crippen LogP contribution is -2.49. The third-order valence-corrected chi connectivity index (χ3v) is 3.55. The van der Waals surface area contributed by atoms with Crippen LogP contribution in [0.5, 0.6) is 0 Å². The van der Waals surface area contributed by atoms with Gasteiger partial charge in [-0.1, -0.05) is 0 Å². The first-order valence-corrected chi connectivity index (χ1v) is 6.34. The fourth-order valence-electron chi connectivity index (χ4n) is 2.42. The zero-order chi connectivity index (χ0) is 12.1. The minimum Gasteiger partial charge on any atom is -0.469 e. The molecule has 0 radical (unpaired) electrons. The Hall–Kier alpha value is -0.840. The highest BCUT2D eigenvalue weighted by Gasteiger charge is 2.31. The van der Waals surface area contributed by atoms with Crippen LogP contribution >= 0.6 is 0 Å². The molecule has 17 heavy (non-hydrogen) atoms. The van der Waals surface area contributed by atoms with E-state index in [1.54, 1.807) is 6.26 Å². The Balaban J connectivity index is 1.72. The standard InChI is InChI=1S/C13H22N2O2/c1-14-11-13(16)5-8-15(9-6-13)7-4-12-3-2-10-17-12/h2-3,10,14,16H,4-9,11H2,1H3. The van der Waals surface area contributed by atoms with Crippen LogP contribution in [0.3, 0.4) is 0 Å². The largest absolute Gasteiger partial charge is 0.469 e. The van der Waals surface area contributed by atoms with Gasteiger partial charge in [0.25, 0.3) is 0 Å². The molecule has 1 aliphatic heterocycles. The first kappa shape index (κ1) is 12.6. The Kier molecular flexibility index (Phi) is 4.20. The molecule has 1 aliphatic rings. The molecule has 2 N–H and O–H groups in total. The quantitative estimate of drug-likeness (QED) is 0.799. The summed E-state index contributed by atoms with van der Waals surface area (Å²) in [6, 6.07) is 3.94. The van der Waals surface area contributed by atoms with Crippen LogP contribution in [0.15, 0.2) is 22.8 Å². The second kappa shape index (κ2) is 5.67. The average molecular weight is 238 g/mol. The Morgan fingerprint density at radius 2 is 2.24 bits per heavy atom. The van der Waals surface area contributed by atoms with E-state index in [9.17, 15) is 5.11 Å². The Morgan fingerprint density at radius 1 is 1.47 bits per heavy atom. The fourth-order valence-corrected chi connectivity index (χ4v) is 2.42. The van der Waals surface area contributed by atoms with Crippen LogP contribution in [0, 0.1) is 0 Å². The van der Waals surface area contributed by atoms with Gasteiger partial charge in [-0.25, -0.2) is 0 Å². The summed E-state index contributed by atoms with van der Waals surface area (Å²) < 4.78 is 5.32. The number of hydrogen-bond donors (Lipinski definition) is 2. The zero-order valence-electron chi connectivity index (χ0n) is 10.5. The summed E-state index contributed by atoms with van der Waals surface area (Å²) in [7, 11) is 1.89. The van der Waals surface area contributed by atoms with Gasteiger partial charge in [0, 0.05) is 32.6 Å². The van der Waals surface area contributed by atoms with Crippen molar-refractivity contribution in [1.29, 1.82) is 0 Å². The van der Waals surface area contributed by atoms with Crippen LogP contribution in [-0.2, 0) is 6.42 Å². The lowest BCUT2D eigenvalue weighted by atomic mass is 9.91. The van der Waals surface area contributed by atoms with Gasteiger partial charge in [-0.2, -0.15) is 0 Å². The van der Waals surface area contributed by atoms with Crippen molar-refractivity contribution in [2.75, 3.05) is 33.2 Å². The van der Waals surface area contributed by atoms with Gasteiger partial charge in [0.05, 0.1) is 11.9 Å². The molecule has 96 valence electrons. The molecule has 1 fully saturated rings. The number of likely N-dealkylation sites (tertiary alicyclic amines) is 1. The van der Waals surface area contributed by atoms with Crippen molar-refractivity contribution < 1.29 is 9.52 Å². The fraction of sp³-hybridized carbons (Fsp3) is 0.692. The maximum Gasteiger partial charge on any atom is 0.105 e. The summed E-state index contributed by atoms with van der Waals surface area (Å²) in [6.07, 6.45) is 4.38. The molecule has 0 aliphatic carbocycles. The molecule has 1 aromatic heterocycles. The van der Waals surface area contributed by atoms with Crippen LogP contribution < -0.4 is 5.32 Å². The summed E-state index contributed by atoms with van der Waals surface area (Å²) in [5.74, 6) is 1.04. The Labute approximate surface area is 103 Å². The predicted molar refractivity (Wildman–Crippen MR) is 67.0 cm³/mol. The summed E-state index contributed by atoms with van der Waals surface area (Å²) in [4.78, 5) is 2.40. The van der Waals surface area contributed by atoms with Crippen LogP contribution in [0.2, 0.25) is 0 Å². The van der Waals surface area contributed by atoms with Gasteiger partial charge in [-0.3, -0.25) is 0 Å². The number of rotatable bonds is 5. The summed E-state index contributed by atoms with van der Waals surface area (Å²) in [6.45, 7) is 3.65. The smallest absolute Gasteiger partial charge is 0.105 e. The van der Waals surface area contributed by atoms with Crippen molar-refractivity contribution in [3.8, 4) is 0 Å². The van der Waals surface area contributed by atoms with Crippen molar-refractivity contribution in [1.82, 2.24) is 10.2 Å². The first-order chi connectivity index (χ1) is 8.22. The molecule has 0 aromatic carbocycles. The molecule has 0 atom stereocenters. The summed E-state index contributed by atoms with van der Waals surface area (Å²) in [5.41, 5.74) is -0.504. The molecule has 0 bridgehead atoms. The average Bonchev–Trinajstić information content (AvgIpc) is 2.82. The molecule has 0 saturated carbocycles. The normalized spacial score (nSPS) is 20.6. The van der Waals surface area contributed by atoms with E-state index in [4.69, 9.17) is 4.42 Å². The lowest BCUT2D eigenvalue weighted by Gasteiger charge is -2.38. The molecular formula is C13H22N2O2.